The van der Waals surface area contributed by atoms with Crippen LogP contribution in [-0.4, -0.2) is 27.7 Å². The first-order valence-corrected chi connectivity index (χ1v) is 8.38. The Kier molecular flexibility index (Phi) is 6.18. The summed E-state index contributed by atoms with van der Waals surface area (Å²) >= 11 is 23.0. The molecule has 2 rings (SSSR count). The van der Waals surface area contributed by atoms with Crippen molar-refractivity contribution in [3.8, 4) is 0 Å². The van der Waals surface area contributed by atoms with Crippen LogP contribution in [0.5, 0.6) is 0 Å². The number of aromatic nitrogens is 1. The van der Waals surface area contributed by atoms with Crippen LogP contribution in [-0.2, 0) is 6.18 Å². The van der Waals surface area contributed by atoms with E-state index in [0.29, 0.717) is 11.8 Å². The fraction of sp³-hybridized carbons (Fsp3) is 0.357. The maximum absolute atomic E-state index is 13.2. The molecule has 0 saturated heterocycles. The second-order valence-corrected chi connectivity index (χ2v) is 7.52. The summed E-state index contributed by atoms with van der Waals surface area (Å²) in [6, 6.07) is 4.72. The van der Waals surface area contributed by atoms with Gasteiger partial charge < -0.3 is 9.88 Å². The molecule has 1 aromatic heterocycles. The lowest BCUT2D eigenvalue weighted by atomic mass is 10.1. The number of anilines is 1. The number of hydrogen-bond acceptors (Lipinski definition) is 2. The van der Waals surface area contributed by atoms with Gasteiger partial charge in [-0.3, -0.25) is 4.79 Å². The summed E-state index contributed by atoms with van der Waals surface area (Å²) in [6.45, 7) is 0.241. The van der Waals surface area contributed by atoms with Gasteiger partial charge in [-0.15, -0.1) is 46.4 Å². The van der Waals surface area contributed by atoms with Crippen molar-refractivity contribution in [3.05, 3.63) is 40.2 Å². The maximum Gasteiger partial charge on any atom is 0.417 e. The molecule has 0 atom stereocenters. The Morgan fingerprint density at radius 1 is 1.04 bits per heavy atom. The standard InChI is InChI=1S/C14H11Cl4F3N2O/c15-11(16)5-23(6-12(17)18)7-1-2-10-8(3-7)9(14(19,20)21)4-13(24)22-10/h1-4,11-12H,5-6H2,(H,22,24). The van der Waals surface area contributed by atoms with E-state index in [1.54, 1.807) is 4.90 Å². The monoisotopic (exact) mass is 420 g/mol. The summed E-state index contributed by atoms with van der Waals surface area (Å²) in [7, 11) is 0. The highest BCUT2D eigenvalue weighted by molar-refractivity contribution is 6.45. The molecule has 1 aromatic carbocycles. The molecule has 0 fully saturated rings. The molecule has 0 aliphatic carbocycles. The van der Waals surface area contributed by atoms with Gasteiger partial charge in [0.15, 0.2) is 0 Å². The maximum atomic E-state index is 13.2. The van der Waals surface area contributed by atoms with E-state index >= 15 is 0 Å². The number of fused-ring (bicyclic) bond motifs is 1. The molecule has 0 aliphatic rings. The summed E-state index contributed by atoms with van der Waals surface area (Å²) in [5, 5.41) is -0.147. The Labute approximate surface area is 155 Å². The third-order valence-corrected chi connectivity index (χ3v) is 3.77. The molecular formula is C14H11Cl4F3N2O. The molecular weight excluding hydrogens is 411 g/mol. The van der Waals surface area contributed by atoms with E-state index in [0.717, 1.165) is 0 Å². The third kappa shape index (κ3) is 4.85. The zero-order valence-electron chi connectivity index (χ0n) is 11.9. The normalized spacial score (nSPS) is 12.4. The van der Waals surface area contributed by atoms with Gasteiger partial charge in [-0.05, 0) is 18.2 Å². The lowest BCUT2D eigenvalue weighted by Gasteiger charge is -2.26. The fourth-order valence-electron chi connectivity index (χ4n) is 2.29. The Hall–Kier alpha value is -0.820. The van der Waals surface area contributed by atoms with Crippen molar-refractivity contribution in [3.63, 3.8) is 0 Å². The average molecular weight is 422 g/mol. The Balaban J connectivity index is 2.59. The minimum atomic E-state index is -4.67. The number of H-pyrrole nitrogens is 1. The number of pyridine rings is 1. The molecule has 24 heavy (non-hydrogen) atoms. The Bertz CT molecular complexity index is 767. The Morgan fingerprint density at radius 2 is 1.62 bits per heavy atom. The van der Waals surface area contributed by atoms with E-state index < -0.39 is 27.0 Å². The highest BCUT2D eigenvalue weighted by Gasteiger charge is 2.33. The van der Waals surface area contributed by atoms with Gasteiger partial charge in [0.25, 0.3) is 0 Å². The molecule has 0 spiro atoms. The summed E-state index contributed by atoms with van der Waals surface area (Å²) in [4.78, 5) is 13.8. The van der Waals surface area contributed by atoms with Crippen molar-refractivity contribution < 1.29 is 13.2 Å². The van der Waals surface area contributed by atoms with Gasteiger partial charge in [0, 0.05) is 35.7 Å². The number of halogens is 7. The molecule has 0 unspecified atom stereocenters. The van der Waals surface area contributed by atoms with Gasteiger partial charge in [0.2, 0.25) is 5.56 Å². The van der Waals surface area contributed by atoms with E-state index in [2.05, 4.69) is 4.98 Å². The van der Waals surface area contributed by atoms with E-state index in [1.165, 1.54) is 18.2 Å². The fourth-order valence-corrected chi connectivity index (χ4v) is 2.96. The smallest absolute Gasteiger partial charge is 0.366 e. The Morgan fingerprint density at radius 3 is 2.12 bits per heavy atom. The molecule has 0 radical (unpaired) electrons. The number of nitrogens with one attached hydrogen (secondary N) is 1. The van der Waals surface area contributed by atoms with Crippen LogP contribution in [0.2, 0.25) is 0 Å². The van der Waals surface area contributed by atoms with Crippen molar-refractivity contribution in [2.45, 2.75) is 15.8 Å². The quantitative estimate of drug-likeness (QED) is 0.692. The van der Waals surface area contributed by atoms with Crippen LogP contribution in [0.4, 0.5) is 18.9 Å². The first-order valence-electron chi connectivity index (χ1n) is 6.63. The zero-order chi connectivity index (χ0) is 18.1. The molecule has 1 heterocycles. The van der Waals surface area contributed by atoms with Crippen LogP contribution < -0.4 is 10.5 Å². The van der Waals surface area contributed by atoms with Crippen molar-refractivity contribution in [1.82, 2.24) is 4.98 Å². The van der Waals surface area contributed by atoms with Crippen LogP contribution >= 0.6 is 46.4 Å². The van der Waals surface area contributed by atoms with E-state index in [9.17, 15) is 18.0 Å². The number of rotatable bonds is 5. The third-order valence-electron chi connectivity index (χ3n) is 3.21. The first-order chi connectivity index (χ1) is 11.1. The SMILES string of the molecule is O=c1cc(C(F)(F)F)c2cc(N(CC(Cl)Cl)CC(Cl)Cl)ccc2[nH]1. The molecule has 3 nitrogen and oxygen atoms in total. The van der Waals surface area contributed by atoms with Crippen molar-refractivity contribution in [1.29, 1.82) is 0 Å². The average Bonchev–Trinajstić information content (AvgIpc) is 2.43. The van der Waals surface area contributed by atoms with Crippen molar-refractivity contribution in [2.75, 3.05) is 18.0 Å². The largest absolute Gasteiger partial charge is 0.417 e. The summed E-state index contributed by atoms with van der Waals surface area (Å²) in [5.41, 5.74) is -1.38. The van der Waals surface area contributed by atoms with E-state index in [4.69, 9.17) is 46.4 Å². The number of benzene rings is 1. The zero-order valence-corrected chi connectivity index (χ0v) is 14.9. The van der Waals surface area contributed by atoms with Crippen LogP contribution in [0.1, 0.15) is 5.56 Å². The van der Waals surface area contributed by atoms with Gasteiger partial charge in [0.05, 0.1) is 5.56 Å². The second-order valence-electron chi connectivity index (χ2n) is 4.96. The van der Waals surface area contributed by atoms with Gasteiger partial charge in [-0.2, -0.15) is 13.2 Å². The van der Waals surface area contributed by atoms with Crippen molar-refractivity contribution >= 4 is 63.0 Å². The summed E-state index contributed by atoms with van der Waals surface area (Å²) in [5.74, 6) is 0. The highest BCUT2D eigenvalue weighted by Crippen LogP contribution is 2.35. The summed E-state index contributed by atoms with van der Waals surface area (Å²) in [6.07, 6.45) is -4.67. The van der Waals surface area contributed by atoms with Crippen LogP contribution in [0.15, 0.2) is 29.1 Å². The van der Waals surface area contributed by atoms with E-state index in [1.807, 2.05) is 0 Å². The lowest BCUT2D eigenvalue weighted by molar-refractivity contribution is -0.136. The van der Waals surface area contributed by atoms with Crippen LogP contribution in [0.25, 0.3) is 10.9 Å². The predicted octanol–water partition coefficient (Wildman–Crippen LogP) is 4.96. The first kappa shape index (κ1) is 19.5. The number of aromatic amines is 1. The minimum Gasteiger partial charge on any atom is -0.366 e. The topological polar surface area (TPSA) is 36.1 Å². The lowest BCUT2D eigenvalue weighted by Crippen LogP contribution is -2.32. The number of alkyl halides is 7. The molecule has 132 valence electrons. The molecule has 0 saturated carbocycles. The summed E-state index contributed by atoms with van der Waals surface area (Å²) < 4.78 is 39.6. The molecule has 1 N–H and O–H groups in total. The van der Waals surface area contributed by atoms with Gasteiger partial charge in [-0.1, -0.05) is 0 Å². The molecule has 10 heteroatoms. The van der Waals surface area contributed by atoms with Crippen LogP contribution in [0, 0.1) is 0 Å². The van der Waals surface area contributed by atoms with Gasteiger partial charge in [-0.25, -0.2) is 0 Å². The van der Waals surface area contributed by atoms with Gasteiger partial charge >= 0.3 is 6.18 Å². The molecule has 0 aliphatic heterocycles. The predicted molar refractivity (Wildman–Crippen MR) is 92.8 cm³/mol. The number of nitrogens with zero attached hydrogens (tertiary/aromatic N) is 1. The minimum absolute atomic E-state index is 0.0696. The highest BCUT2D eigenvalue weighted by atomic mass is 35.5. The van der Waals surface area contributed by atoms with Crippen LogP contribution in [0.3, 0.4) is 0 Å². The number of hydrogen-bond donors (Lipinski definition) is 1. The van der Waals surface area contributed by atoms with E-state index in [-0.39, 0.29) is 24.0 Å². The second kappa shape index (κ2) is 7.60. The molecule has 0 bridgehead atoms. The van der Waals surface area contributed by atoms with Crippen molar-refractivity contribution in [2.24, 2.45) is 0 Å². The molecule has 0 amide bonds. The molecule has 2 aromatic rings. The van der Waals surface area contributed by atoms with Gasteiger partial charge in [0.1, 0.15) is 9.67 Å².